The lowest BCUT2D eigenvalue weighted by Gasteiger charge is -2.34. The van der Waals surface area contributed by atoms with Crippen LogP contribution >= 0.6 is 11.3 Å². The highest BCUT2D eigenvalue weighted by molar-refractivity contribution is 7.12. The Balaban J connectivity index is 1.51. The minimum atomic E-state index is -0.0462. The fraction of sp³-hybridized carbons (Fsp3) is 0.455. The van der Waals surface area contributed by atoms with Crippen molar-refractivity contribution in [2.75, 3.05) is 39.8 Å². The summed E-state index contributed by atoms with van der Waals surface area (Å²) in [5, 5.41) is 5.09. The number of piperazine rings is 1. The average molecular weight is 416 g/mol. The number of ether oxygens (including phenoxy) is 1. The van der Waals surface area contributed by atoms with Crippen LogP contribution in [-0.4, -0.2) is 61.4 Å². The number of carbonyl (C=O) groups excluding carboxylic acids is 2. The molecule has 0 bridgehead atoms. The highest BCUT2D eigenvalue weighted by Gasteiger charge is 2.25. The topological polar surface area (TPSA) is 61.9 Å². The zero-order chi connectivity index (χ0) is 20.8. The first-order valence-corrected chi connectivity index (χ1v) is 10.8. The molecule has 6 nitrogen and oxygen atoms in total. The van der Waals surface area contributed by atoms with E-state index in [1.165, 1.54) is 11.3 Å². The molecule has 0 spiro atoms. The summed E-state index contributed by atoms with van der Waals surface area (Å²) in [6.07, 6.45) is 0. The number of carbonyl (C=O) groups is 2. The van der Waals surface area contributed by atoms with Crippen molar-refractivity contribution in [1.29, 1.82) is 0 Å². The van der Waals surface area contributed by atoms with E-state index in [0.29, 0.717) is 32.7 Å². The Morgan fingerprint density at radius 3 is 2.34 bits per heavy atom. The van der Waals surface area contributed by atoms with E-state index in [4.69, 9.17) is 4.74 Å². The van der Waals surface area contributed by atoms with E-state index in [0.717, 1.165) is 16.2 Å². The van der Waals surface area contributed by atoms with Crippen LogP contribution in [0.25, 0.3) is 0 Å². The molecule has 3 rings (SSSR count). The Kier molecular flexibility index (Phi) is 7.28. The van der Waals surface area contributed by atoms with Gasteiger partial charge < -0.3 is 15.0 Å². The lowest BCUT2D eigenvalue weighted by atomic mass is 9.96. The van der Waals surface area contributed by atoms with Crippen LogP contribution in [0.5, 0.6) is 5.75 Å². The maximum Gasteiger partial charge on any atom is 0.264 e. The second-order valence-corrected chi connectivity index (χ2v) is 8.56. The Labute approximate surface area is 176 Å². The van der Waals surface area contributed by atoms with E-state index >= 15 is 0 Å². The van der Waals surface area contributed by atoms with Gasteiger partial charge in [0.25, 0.3) is 5.91 Å². The van der Waals surface area contributed by atoms with Crippen LogP contribution in [0.15, 0.2) is 41.8 Å². The number of thiophene rings is 1. The molecule has 2 amide bonds. The van der Waals surface area contributed by atoms with Crippen LogP contribution in [0.2, 0.25) is 0 Å². The average Bonchev–Trinajstić information content (AvgIpc) is 3.27. The van der Waals surface area contributed by atoms with Gasteiger partial charge in [-0.1, -0.05) is 32.0 Å². The Morgan fingerprint density at radius 2 is 1.79 bits per heavy atom. The summed E-state index contributed by atoms with van der Waals surface area (Å²) in [4.78, 5) is 29.9. The number of hydrogen-bond acceptors (Lipinski definition) is 5. The summed E-state index contributed by atoms with van der Waals surface area (Å²) in [6, 6.07) is 11.5. The maximum atomic E-state index is 12.7. The molecule has 156 valence electrons. The number of hydrogen-bond donors (Lipinski definition) is 1. The zero-order valence-corrected chi connectivity index (χ0v) is 18.1. The molecule has 1 unspecified atom stereocenters. The molecule has 1 aliphatic rings. The van der Waals surface area contributed by atoms with Crippen LogP contribution in [0.4, 0.5) is 0 Å². The first kappa shape index (κ1) is 21.3. The van der Waals surface area contributed by atoms with Crippen molar-refractivity contribution < 1.29 is 14.3 Å². The van der Waals surface area contributed by atoms with Crippen molar-refractivity contribution in [2.45, 2.75) is 19.9 Å². The molecule has 1 aliphatic heterocycles. The third kappa shape index (κ3) is 5.58. The predicted octanol–water partition coefficient (Wildman–Crippen LogP) is 3.03. The molecule has 1 saturated heterocycles. The Hall–Kier alpha value is -2.38. The molecule has 2 heterocycles. The SMILES string of the molecule is COc1ccc(C(NC(=O)CN2CCN(C(=O)c3cccs3)CC2)C(C)C)cc1. The third-order valence-corrected chi connectivity index (χ3v) is 6.07. The molecule has 7 heteroatoms. The summed E-state index contributed by atoms with van der Waals surface area (Å²) in [6.45, 7) is 7.26. The summed E-state index contributed by atoms with van der Waals surface area (Å²) in [5.74, 6) is 1.17. The van der Waals surface area contributed by atoms with Crippen molar-refractivity contribution >= 4 is 23.2 Å². The molecule has 2 aromatic rings. The molecule has 1 atom stereocenters. The molecule has 0 saturated carbocycles. The normalized spacial score (nSPS) is 15.9. The first-order chi connectivity index (χ1) is 14.0. The van der Waals surface area contributed by atoms with Crippen molar-refractivity contribution in [2.24, 2.45) is 5.92 Å². The number of amides is 2. The van der Waals surface area contributed by atoms with Gasteiger partial charge in [0.05, 0.1) is 24.6 Å². The van der Waals surface area contributed by atoms with Crippen molar-refractivity contribution in [1.82, 2.24) is 15.1 Å². The van der Waals surface area contributed by atoms with Crippen molar-refractivity contribution in [3.63, 3.8) is 0 Å². The van der Waals surface area contributed by atoms with E-state index in [1.54, 1.807) is 7.11 Å². The summed E-state index contributed by atoms with van der Waals surface area (Å²) in [5.41, 5.74) is 1.07. The summed E-state index contributed by atoms with van der Waals surface area (Å²) >= 11 is 1.47. The van der Waals surface area contributed by atoms with E-state index in [9.17, 15) is 9.59 Å². The Morgan fingerprint density at radius 1 is 1.10 bits per heavy atom. The summed E-state index contributed by atoms with van der Waals surface area (Å²) < 4.78 is 5.22. The standard InChI is InChI=1S/C22H29N3O3S/c1-16(2)21(17-6-8-18(28-3)9-7-17)23-20(26)15-24-10-12-25(13-11-24)22(27)19-5-4-14-29-19/h4-9,14,16,21H,10-13,15H2,1-3H3,(H,23,26). The summed E-state index contributed by atoms with van der Waals surface area (Å²) in [7, 11) is 1.64. The van der Waals surface area contributed by atoms with Crippen LogP contribution in [-0.2, 0) is 4.79 Å². The zero-order valence-electron chi connectivity index (χ0n) is 17.3. The third-order valence-electron chi connectivity index (χ3n) is 5.22. The number of nitrogens with zero attached hydrogens (tertiary/aromatic N) is 2. The molecule has 1 fully saturated rings. The second kappa shape index (κ2) is 9.89. The van der Waals surface area contributed by atoms with E-state index in [-0.39, 0.29) is 23.8 Å². The van der Waals surface area contributed by atoms with Gasteiger partial charge in [-0.2, -0.15) is 0 Å². The lowest BCUT2D eigenvalue weighted by Crippen LogP contribution is -2.51. The van der Waals surface area contributed by atoms with E-state index in [1.807, 2.05) is 46.7 Å². The predicted molar refractivity (Wildman–Crippen MR) is 115 cm³/mol. The smallest absolute Gasteiger partial charge is 0.264 e. The molecule has 0 aliphatic carbocycles. The highest BCUT2D eigenvalue weighted by atomic mass is 32.1. The van der Waals surface area contributed by atoms with Gasteiger partial charge in [-0.15, -0.1) is 11.3 Å². The number of benzene rings is 1. The van der Waals surface area contributed by atoms with Crippen LogP contribution < -0.4 is 10.1 Å². The van der Waals surface area contributed by atoms with Gasteiger partial charge in [-0.3, -0.25) is 14.5 Å². The van der Waals surface area contributed by atoms with Gasteiger partial charge in [-0.25, -0.2) is 0 Å². The largest absolute Gasteiger partial charge is 0.497 e. The van der Waals surface area contributed by atoms with Crippen LogP contribution in [0.1, 0.15) is 35.1 Å². The van der Waals surface area contributed by atoms with Gasteiger partial charge in [0.15, 0.2) is 0 Å². The van der Waals surface area contributed by atoms with Gasteiger partial charge >= 0.3 is 0 Å². The fourth-order valence-electron chi connectivity index (χ4n) is 3.53. The fourth-order valence-corrected chi connectivity index (χ4v) is 4.22. The lowest BCUT2D eigenvalue weighted by molar-refractivity contribution is -0.123. The van der Waals surface area contributed by atoms with Crippen molar-refractivity contribution in [3.8, 4) is 5.75 Å². The molecule has 1 aromatic heterocycles. The number of rotatable bonds is 7. The molecular formula is C22H29N3O3S. The molecule has 1 aromatic carbocycles. The van der Waals surface area contributed by atoms with Gasteiger partial charge in [-0.05, 0) is 35.1 Å². The Bertz CT molecular complexity index is 797. The first-order valence-electron chi connectivity index (χ1n) is 9.96. The molecular weight excluding hydrogens is 386 g/mol. The maximum absolute atomic E-state index is 12.7. The van der Waals surface area contributed by atoms with Crippen molar-refractivity contribution in [3.05, 3.63) is 52.2 Å². The van der Waals surface area contributed by atoms with E-state index in [2.05, 4.69) is 24.1 Å². The monoisotopic (exact) mass is 415 g/mol. The highest BCUT2D eigenvalue weighted by Crippen LogP contribution is 2.24. The van der Waals surface area contributed by atoms with Crippen LogP contribution in [0.3, 0.4) is 0 Å². The second-order valence-electron chi connectivity index (χ2n) is 7.61. The number of nitrogens with one attached hydrogen (secondary N) is 1. The molecule has 0 radical (unpaired) electrons. The molecule has 1 N–H and O–H groups in total. The quantitative estimate of drug-likeness (QED) is 0.755. The van der Waals surface area contributed by atoms with Gasteiger partial charge in [0.2, 0.25) is 5.91 Å². The van der Waals surface area contributed by atoms with Gasteiger partial charge in [0, 0.05) is 26.2 Å². The van der Waals surface area contributed by atoms with E-state index < -0.39 is 0 Å². The minimum absolute atomic E-state index is 0.0116. The minimum Gasteiger partial charge on any atom is -0.497 e. The molecule has 29 heavy (non-hydrogen) atoms. The van der Waals surface area contributed by atoms with Gasteiger partial charge in [0.1, 0.15) is 5.75 Å². The number of methoxy groups -OCH3 is 1. The van der Waals surface area contributed by atoms with Crippen LogP contribution in [0, 0.1) is 5.92 Å².